The standard InChI is InChI=1S/C12H13BrFN3O2S2/c1-6(2)9-5-20-12(16-9)17-21(18,19)10-4-7(15)3-8(13)11(10)14/h3-6H,15H2,1-2H3,(H,16,17). The summed E-state index contributed by atoms with van der Waals surface area (Å²) in [5, 5.41) is 1.95. The van der Waals surface area contributed by atoms with Crippen LogP contribution in [-0.2, 0) is 10.0 Å². The zero-order valence-corrected chi connectivity index (χ0v) is 14.4. The number of benzene rings is 1. The molecule has 0 saturated carbocycles. The van der Waals surface area contributed by atoms with Crippen molar-refractivity contribution in [1.82, 2.24) is 4.98 Å². The molecule has 0 fully saturated rings. The summed E-state index contributed by atoms with van der Waals surface area (Å²) in [7, 11) is -4.09. The van der Waals surface area contributed by atoms with E-state index in [1.165, 1.54) is 6.07 Å². The Morgan fingerprint density at radius 1 is 1.43 bits per heavy atom. The molecular weight excluding hydrogens is 381 g/mol. The maximum Gasteiger partial charge on any atom is 0.266 e. The average molecular weight is 394 g/mol. The van der Waals surface area contributed by atoms with Crippen LogP contribution in [0.25, 0.3) is 0 Å². The Kier molecular flexibility index (Phi) is 4.54. The maximum absolute atomic E-state index is 14.0. The van der Waals surface area contributed by atoms with Crippen molar-refractivity contribution in [3.8, 4) is 0 Å². The zero-order chi connectivity index (χ0) is 15.8. The van der Waals surface area contributed by atoms with Gasteiger partial charge in [-0.3, -0.25) is 4.72 Å². The van der Waals surface area contributed by atoms with Crippen LogP contribution in [0.15, 0.2) is 26.9 Å². The molecule has 1 aromatic carbocycles. The molecule has 0 aliphatic heterocycles. The Morgan fingerprint density at radius 2 is 2.10 bits per heavy atom. The van der Waals surface area contributed by atoms with Crippen LogP contribution in [0.2, 0.25) is 0 Å². The van der Waals surface area contributed by atoms with Gasteiger partial charge >= 0.3 is 0 Å². The van der Waals surface area contributed by atoms with Gasteiger partial charge in [-0.1, -0.05) is 13.8 Å². The predicted octanol–water partition coefficient (Wildman–Crippen LogP) is 3.55. The largest absolute Gasteiger partial charge is 0.399 e. The van der Waals surface area contributed by atoms with E-state index in [9.17, 15) is 12.8 Å². The van der Waals surface area contributed by atoms with Gasteiger partial charge in [-0.2, -0.15) is 0 Å². The fourth-order valence-electron chi connectivity index (χ4n) is 1.55. The minimum atomic E-state index is -4.09. The normalized spacial score (nSPS) is 11.9. The molecule has 21 heavy (non-hydrogen) atoms. The number of aromatic nitrogens is 1. The van der Waals surface area contributed by atoms with E-state index < -0.39 is 20.7 Å². The summed E-state index contributed by atoms with van der Waals surface area (Å²) >= 11 is 4.08. The van der Waals surface area contributed by atoms with Gasteiger partial charge < -0.3 is 5.73 Å². The van der Waals surface area contributed by atoms with E-state index in [-0.39, 0.29) is 21.2 Å². The molecule has 0 bridgehead atoms. The molecule has 0 atom stereocenters. The molecule has 0 unspecified atom stereocenters. The number of nitrogen functional groups attached to an aromatic ring is 1. The lowest BCUT2D eigenvalue weighted by Gasteiger charge is -2.08. The van der Waals surface area contributed by atoms with Crippen LogP contribution in [0, 0.1) is 5.82 Å². The van der Waals surface area contributed by atoms with E-state index in [4.69, 9.17) is 5.73 Å². The highest BCUT2D eigenvalue weighted by molar-refractivity contribution is 9.10. The zero-order valence-electron chi connectivity index (χ0n) is 11.2. The van der Waals surface area contributed by atoms with Crippen molar-refractivity contribution in [1.29, 1.82) is 0 Å². The molecule has 5 nitrogen and oxygen atoms in total. The highest BCUT2D eigenvalue weighted by Crippen LogP contribution is 2.29. The molecule has 1 aromatic heterocycles. The van der Waals surface area contributed by atoms with Gasteiger partial charge in [0.15, 0.2) is 10.9 Å². The van der Waals surface area contributed by atoms with Crippen molar-refractivity contribution < 1.29 is 12.8 Å². The van der Waals surface area contributed by atoms with Crippen LogP contribution >= 0.6 is 27.3 Å². The van der Waals surface area contributed by atoms with Gasteiger partial charge in [0.2, 0.25) is 0 Å². The number of nitrogens with zero attached hydrogens (tertiary/aromatic N) is 1. The number of sulfonamides is 1. The van der Waals surface area contributed by atoms with Crippen molar-refractivity contribution in [2.75, 3.05) is 10.5 Å². The molecule has 2 aromatic rings. The van der Waals surface area contributed by atoms with E-state index in [0.717, 1.165) is 23.1 Å². The van der Waals surface area contributed by atoms with Crippen LogP contribution in [0.5, 0.6) is 0 Å². The molecule has 0 spiro atoms. The summed E-state index contributed by atoms with van der Waals surface area (Å²) < 4.78 is 40.7. The third-order valence-corrected chi connectivity index (χ3v) is 5.46. The van der Waals surface area contributed by atoms with Crippen molar-refractivity contribution in [3.05, 3.63) is 33.5 Å². The van der Waals surface area contributed by atoms with Crippen molar-refractivity contribution >= 4 is 48.1 Å². The van der Waals surface area contributed by atoms with E-state index in [1.54, 1.807) is 5.38 Å². The Bertz CT molecular complexity index is 775. The first-order valence-electron chi connectivity index (χ1n) is 5.93. The van der Waals surface area contributed by atoms with Crippen molar-refractivity contribution in [2.45, 2.75) is 24.7 Å². The molecule has 0 aliphatic carbocycles. The number of hydrogen-bond acceptors (Lipinski definition) is 5. The van der Waals surface area contributed by atoms with Crippen LogP contribution in [0.4, 0.5) is 15.2 Å². The van der Waals surface area contributed by atoms with E-state index in [2.05, 4.69) is 25.6 Å². The molecule has 0 amide bonds. The molecule has 114 valence electrons. The molecule has 3 N–H and O–H groups in total. The fraction of sp³-hybridized carbons (Fsp3) is 0.250. The van der Waals surface area contributed by atoms with Gasteiger partial charge in [0.1, 0.15) is 4.90 Å². The number of rotatable bonds is 4. The van der Waals surface area contributed by atoms with E-state index >= 15 is 0 Å². The molecular formula is C12H13BrFN3O2S2. The average Bonchev–Trinajstić information content (AvgIpc) is 2.81. The molecule has 0 saturated heterocycles. The highest BCUT2D eigenvalue weighted by Gasteiger charge is 2.23. The quantitative estimate of drug-likeness (QED) is 0.777. The highest BCUT2D eigenvalue weighted by atomic mass is 79.9. The molecule has 0 radical (unpaired) electrons. The minimum absolute atomic E-state index is 0.00937. The number of anilines is 2. The molecule has 9 heteroatoms. The second-order valence-electron chi connectivity index (χ2n) is 4.65. The number of hydrogen-bond donors (Lipinski definition) is 2. The molecule has 0 aliphatic rings. The molecule has 2 rings (SSSR count). The number of nitrogens with one attached hydrogen (secondary N) is 1. The lowest BCUT2D eigenvalue weighted by atomic mass is 10.2. The van der Waals surface area contributed by atoms with E-state index in [0.29, 0.717) is 0 Å². The second-order valence-corrected chi connectivity index (χ2v) is 8.02. The number of nitrogens with two attached hydrogens (primary N) is 1. The summed E-state index contributed by atoms with van der Waals surface area (Å²) in [6.45, 7) is 3.89. The lowest BCUT2D eigenvalue weighted by molar-refractivity contribution is 0.567. The summed E-state index contributed by atoms with van der Waals surface area (Å²) in [5.41, 5.74) is 6.47. The first-order chi connectivity index (χ1) is 9.70. The van der Waals surface area contributed by atoms with Gasteiger partial charge in [0, 0.05) is 11.1 Å². The van der Waals surface area contributed by atoms with Gasteiger partial charge in [-0.05, 0) is 34.0 Å². The van der Waals surface area contributed by atoms with Crippen LogP contribution in [0.3, 0.4) is 0 Å². The fourth-order valence-corrected chi connectivity index (χ4v) is 4.42. The Hall–Kier alpha value is -1.19. The molecule has 1 heterocycles. The van der Waals surface area contributed by atoms with Gasteiger partial charge in [-0.25, -0.2) is 17.8 Å². The predicted molar refractivity (Wildman–Crippen MR) is 85.5 cm³/mol. The van der Waals surface area contributed by atoms with Crippen LogP contribution < -0.4 is 10.5 Å². The van der Waals surface area contributed by atoms with Gasteiger partial charge in [0.25, 0.3) is 10.0 Å². The van der Waals surface area contributed by atoms with Gasteiger partial charge in [0.05, 0.1) is 10.2 Å². The third kappa shape index (κ3) is 3.53. The number of halogens is 2. The first-order valence-corrected chi connectivity index (χ1v) is 9.09. The lowest BCUT2D eigenvalue weighted by Crippen LogP contribution is -2.15. The van der Waals surface area contributed by atoms with E-state index in [1.807, 2.05) is 13.8 Å². The summed E-state index contributed by atoms with van der Waals surface area (Å²) in [6.07, 6.45) is 0. The minimum Gasteiger partial charge on any atom is -0.399 e. The summed E-state index contributed by atoms with van der Waals surface area (Å²) in [4.78, 5) is 3.64. The van der Waals surface area contributed by atoms with Crippen LogP contribution in [0.1, 0.15) is 25.5 Å². The second kappa shape index (κ2) is 5.90. The SMILES string of the molecule is CC(C)c1csc(NS(=O)(=O)c2cc(N)cc(Br)c2F)n1. The maximum atomic E-state index is 14.0. The monoisotopic (exact) mass is 393 g/mol. The summed E-state index contributed by atoms with van der Waals surface area (Å²) in [5.74, 6) is -0.713. The summed E-state index contributed by atoms with van der Waals surface area (Å²) in [6, 6.07) is 2.37. The topological polar surface area (TPSA) is 85.1 Å². The third-order valence-electron chi connectivity index (χ3n) is 2.64. The van der Waals surface area contributed by atoms with Gasteiger partial charge in [-0.15, -0.1) is 11.3 Å². The van der Waals surface area contributed by atoms with Crippen molar-refractivity contribution in [3.63, 3.8) is 0 Å². The Morgan fingerprint density at radius 3 is 2.67 bits per heavy atom. The smallest absolute Gasteiger partial charge is 0.266 e. The van der Waals surface area contributed by atoms with Crippen LogP contribution in [-0.4, -0.2) is 13.4 Å². The first kappa shape index (κ1) is 16.2. The Labute approximate surface area is 134 Å². The number of thiazole rings is 1. The van der Waals surface area contributed by atoms with Crippen molar-refractivity contribution in [2.24, 2.45) is 0 Å². The Balaban J connectivity index is 2.38.